The number of nitrogen functional groups attached to an aromatic ring is 1. The molecule has 1 aromatic carbocycles. The molecule has 2 heterocycles. The summed E-state index contributed by atoms with van der Waals surface area (Å²) in [5.41, 5.74) is 7.96. The minimum atomic E-state index is -1.13. The fraction of sp³-hybridized carbons (Fsp3) is 0.350. The molecule has 1 amide bonds. The summed E-state index contributed by atoms with van der Waals surface area (Å²) in [6, 6.07) is 9.04. The minimum absolute atomic E-state index is 0.0613. The summed E-state index contributed by atoms with van der Waals surface area (Å²) in [7, 11) is 1.82. The smallest absolute Gasteiger partial charge is 0.413 e. The summed E-state index contributed by atoms with van der Waals surface area (Å²) >= 11 is 0. The van der Waals surface area contributed by atoms with Gasteiger partial charge in [0.1, 0.15) is 17.1 Å². The molecule has 0 aliphatic rings. The molecule has 0 aliphatic carbocycles. The van der Waals surface area contributed by atoms with Crippen LogP contribution in [-0.4, -0.2) is 32.3 Å². The van der Waals surface area contributed by atoms with E-state index in [0.717, 1.165) is 21.7 Å². The van der Waals surface area contributed by atoms with Crippen LogP contribution in [0, 0.1) is 5.41 Å². The van der Waals surface area contributed by atoms with Crippen molar-refractivity contribution in [2.24, 2.45) is 12.5 Å². The Morgan fingerprint density at radius 2 is 1.96 bits per heavy atom. The van der Waals surface area contributed by atoms with Gasteiger partial charge in [0.15, 0.2) is 5.82 Å². The van der Waals surface area contributed by atoms with Gasteiger partial charge in [0.25, 0.3) is 0 Å². The molecule has 0 saturated carbocycles. The van der Waals surface area contributed by atoms with Crippen LogP contribution in [0.1, 0.15) is 26.3 Å². The van der Waals surface area contributed by atoms with Gasteiger partial charge in [0.05, 0.1) is 25.0 Å². The van der Waals surface area contributed by atoms with E-state index < -0.39 is 6.09 Å². The molecule has 0 bridgehead atoms. The summed E-state index contributed by atoms with van der Waals surface area (Å²) in [6.07, 6.45) is 0.481. The molecule has 0 fully saturated rings. The van der Waals surface area contributed by atoms with Crippen LogP contribution in [0.2, 0.25) is 0 Å². The second-order valence-electron chi connectivity index (χ2n) is 7.96. The number of pyridine rings is 1. The number of anilines is 2. The molecule has 3 aromatic rings. The highest BCUT2D eigenvalue weighted by Crippen LogP contribution is 2.27. The van der Waals surface area contributed by atoms with E-state index >= 15 is 0 Å². The van der Waals surface area contributed by atoms with Crippen molar-refractivity contribution in [3.8, 4) is 5.75 Å². The zero-order valence-electron chi connectivity index (χ0n) is 16.5. The van der Waals surface area contributed by atoms with Crippen LogP contribution in [0.3, 0.4) is 0 Å². The van der Waals surface area contributed by atoms with Crippen molar-refractivity contribution >= 4 is 28.8 Å². The van der Waals surface area contributed by atoms with Gasteiger partial charge in [0, 0.05) is 13.1 Å². The number of aryl methyl sites for hydroxylation is 1. The lowest BCUT2D eigenvalue weighted by atomic mass is 9.99. The number of carbonyl (C=O) groups is 1. The first-order valence-corrected chi connectivity index (χ1v) is 8.94. The third kappa shape index (κ3) is 4.33. The maximum Gasteiger partial charge on any atom is 0.413 e. The zero-order chi connectivity index (χ0) is 20.5. The molecule has 0 atom stereocenters. The number of nitrogens with two attached hydrogens (primary N) is 1. The fourth-order valence-corrected chi connectivity index (χ4v) is 2.72. The molecule has 8 heteroatoms. The van der Waals surface area contributed by atoms with E-state index in [1.165, 1.54) is 0 Å². The van der Waals surface area contributed by atoms with E-state index in [2.05, 4.69) is 30.7 Å². The third-order valence-electron chi connectivity index (χ3n) is 4.14. The van der Waals surface area contributed by atoms with Crippen molar-refractivity contribution in [2.75, 3.05) is 17.2 Å². The van der Waals surface area contributed by atoms with Crippen molar-refractivity contribution in [3.63, 3.8) is 0 Å². The SMILES string of the molecule is Cn1cnc2c(N(Cc3ccc(OCC(C)(C)C)cc3)C(=O)O)nc(N)cc21. The van der Waals surface area contributed by atoms with Crippen LogP contribution in [0.15, 0.2) is 36.7 Å². The summed E-state index contributed by atoms with van der Waals surface area (Å²) in [5, 5.41) is 9.76. The summed E-state index contributed by atoms with van der Waals surface area (Å²) in [4.78, 5) is 21.6. The first-order valence-electron chi connectivity index (χ1n) is 8.94. The van der Waals surface area contributed by atoms with Gasteiger partial charge in [-0.15, -0.1) is 0 Å². The van der Waals surface area contributed by atoms with Gasteiger partial charge in [-0.05, 0) is 23.1 Å². The van der Waals surface area contributed by atoms with Gasteiger partial charge >= 0.3 is 6.09 Å². The van der Waals surface area contributed by atoms with Gasteiger partial charge in [-0.3, -0.25) is 4.90 Å². The number of aromatic nitrogens is 3. The van der Waals surface area contributed by atoms with Crippen LogP contribution >= 0.6 is 0 Å². The summed E-state index contributed by atoms with van der Waals surface area (Å²) < 4.78 is 7.54. The number of hydrogen-bond acceptors (Lipinski definition) is 5. The van der Waals surface area contributed by atoms with E-state index in [4.69, 9.17) is 10.5 Å². The van der Waals surface area contributed by atoms with E-state index in [9.17, 15) is 9.90 Å². The van der Waals surface area contributed by atoms with Crippen LogP contribution in [0.25, 0.3) is 11.0 Å². The summed E-state index contributed by atoms with van der Waals surface area (Å²) in [5.74, 6) is 1.20. The van der Waals surface area contributed by atoms with Crippen LogP contribution in [0.4, 0.5) is 16.4 Å². The lowest BCUT2D eigenvalue weighted by molar-refractivity contribution is 0.198. The lowest BCUT2D eigenvalue weighted by Crippen LogP contribution is -2.30. The third-order valence-corrected chi connectivity index (χ3v) is 4.14. The summed E-state index contributed by atoms with van der Waals surface area (Å²) in [6.45, 7) is 7.02. The quantitative estimate of drug-likeness (QED) is 0.696. The van der Waals surface area contributed by atoms with Crippen molar-refractivity contribution in [2.45, 2.75) is 27.3 Å². The Morgan fingerprint density at radius 1 is 1.29 bits per heavy atom. The largest absolute Gasteiger partial charge is 0.493 e. The van der Waals surface area contributed by atoms with E-state index in [1.54, 1.807) is 17.0 Å². The molecule has 3 N–H and O–H groups in total. The van der Waals surface area contributed by atoms with Crippen LogP contribution in [-0.2, 0) is 13.6 Å². The maximum absolute atomic E-state index is 11.9. The predicted octanol–water partition coefficient (Wildman–Crippen LogP) is 3.66. The Hall–Kier alpha value is -3.29. The maximum atomic E-state index is 11.9. The molecule has 2 aromatic heterocycles. The lowest BCUT2D eigenvalue weighted by Gasteiger charge is -2.20. The molecule has 8 nitrogen and oxygen atoms in total. The Morgan fingerprint density at radius 3 is 2.57 bits per heavy atom. The standard InChI is InChI=1S/C20H25N5O3/c1-20(2,3)11-28-14-7-5-13(6-8-14)10-25(19(26)27)18-17-15(9-16(21)23-18)24(4)12-22-17/h5-9,12H,10-11H2,1-4H3,(H2,21,23)(H,26,27). The Balaban J connectivity index is 1.86. The topological polar surface area (TPSA) is 106 Å². The Kier molecular flexibility index (Phi) is 5.13. The molecular weight excluding hydrogens is 358 g/mol. The minimum Gasteiger partial charge on any atom is -0.493 e. The molecule has 148 valence electrons. The van der Waals surface area contributed by atoms with Crippen molar-refractivity contribution < 1.29 is 14.6 Å². The average Bonchev–Trinajstić information content (AvgIpc) is 2.98. The number of carboxylic acid groups (broad SMARTS) is 1. The molecule has 0 spiro atoms. The van der Waals surface area contributed by atoms with E-state index in [1.807, 2.05) is 31.3 Å². The number of fused-ring (bicyclic) bond motifs is 1. The number of ether oxygens (including phenoxy) is 1. The van der Waals surface area contributed by atoms with E-state index in [0.29, 0.717) is 12.1 Å². The molecule has 3 rings (SSSR count). The van der Waals surface area contributed by atoms with Gasteiger partial charge in [-0.25, -0.2) is 14.8 Å². The van der Waals surface area contributed by atoms with Gasteiger partial charge in [-0.1, -0.05) is 32.9 Å². The molecule has 28 heavy (non-hydrogen) atoms. The number of benzene rings is 1. The number of imidazole rings is 1. The van der Waals surface area contributed by atoms with Gasteiger partial charge in [0.2, 0.25) is 0 Å². The van der Waals surface area contributed by atoms with E-state index in [-0.39, 0.29) is 23.6 Å². The number of rotatable bonds is 5. The molecule has 0 saturated heterocycles. The monoisotopic (exact) mass is 383 g/mol. The molecular formula is C20H25N5O3. The Bertz CT molecular complexity index is 989. The predicted molar refractivity (Wildman–Crippen MR) is 109 cm³/mol. The zero-order valence-corrected chi connectivity index (χ0v) is 16.5. The normalized spacial score (nSPS) is 11.6. The first-order chi connectivity index (χ1) is 13.1. The van der Waals surface area contributed by atoms with Gasteiger partial charge in [-0.2, -0.15) is 0 Å². The average molecular weight is 383 g/mol. The van der Waals surface area contributed by atoms with Crippen molar-refractivity contribution in [1.82, 2.24) is 14.5 Å². The fourth-order valence-electron chi connectivity index (χ4n) is 2.72. The van der Waals surface area contributed by atoms with Crippen LogP contribution in [0.5, 0.6) is 5.75 Å². The second-order valence-corrected chi connectivity index (χ2v) is 7.96. The molecule has 0 unspecified atom stereocenters. The number of nitrogens with zero attached hydrogens (tertiary/aromatic N) is 4. The molecule has 0 aliphatic heterocycles. The highest BCUT2D eigenvalue weighted by atomic mass is 16.5. The van der Waals surface area contributed by atoms with Crippen molar-refractivity contribution in [3.05, 3.63) is 42.2 Å². The first kappa shape index (κ1) is 19.5. The van der Waals surface area contributed by atoms with Crippen molar-refractivity contribution in [1.29, 1.82) is 0 Å². The highest BCUT2D eigenvalue weighted by molar-refractivity contribution is 5.97. The number of hydrogen-bond donors (Lipinski definition) is 2. The molecule has 0 radical (unpaired) electrons. The van der Waals surface area contributed by atoms with Gasteiger partial charge < -0.3 is 20.1 Å². The van der Waals surface area contributed by atoms with Crippen LogP contribution < -0.4 is 15.4 Å². The highest BCUT2D eigenvalue weighted by Gasteiger charge is 2.22. The number of amides is 1. The Labute approximate surface area is 163 Å². The second kappa shape index (κ2) is 7.38.